The van der Waals surface area contributed by atoms with Crippen LogP contribution >= 0.6 is 0 Å². The number of aromatic nitrogens is 1. The zero-order valence-corrected chi connectivity index (χ0v) is 22.6. The molecule has 0 spiro atoms. The molecule has 1 atom stereocenters. The van der Waals surface area contributed by atoms with Gasteiger partial charge >= 0.3 is 0 Å². The van der Waals surface area contributed by atoms with Gasteiger partial charge in [-0.25, -0.2) is 0 Å². The van der Waals surface area contributed by atoms with Gasteiger partial charge in [0.1, 0.15) is 18.0 Å². The van der Waals surface area contributed by atoms with Crippen LogP contribution in [0.25, 0.3) is 0 Å². The maximum absolute atomic E-state index is 13.9. The van der Waals surface area contributed by atoms with Crippen molar-refractivity contribution in [2.75, 3.05) is 27.3 Å². The van der Waals surface area contributed by atoms with Crippen molar-refractivity contribution in [3.63, 3.8) is 0 Å². The average Bonchev–Trinajstić information content (AvgIpc) is 3.39. The highest BCUT2D eigenvalue weighted by Crippen LogP contribution is 2.33. The molecule has 7 nitrogen and oxygen atoms in total. The normalized spacial score (nSPS) is 15.0. The second kappa shape index (κ2) is 11.1. The molecular formula is C30H37N3O4. The summed E-state index contributed by atoms with van der Waals surface area (Å²) in [6.07, 6.45) is 2.06. The summed E-state index contributed by atoms with van der Waals surface area (Å²) in [7, 11) is 3.10. The number of hydrogen-bond donors (Lipinski definition) is 0. The van der Waals surface area contributed by atoms with E-state index in [-0.39, 0.29) is 30.4 Å². The molecule has 7 heteroatoms. The van der Waals surface area contributed by atoms with Crippen molar-refractivity contribution in [1.29, 1.82) is 0 Å². The molecule has 2 amide bonds. The van der Waals surface area contributed by atoms with E-state index < -0.39 is 0 Å². The molecule has 37 heavy (non-hydrogen) atoms. The Labute approximate surface area is 219 Å². The van der Waals surface area contributed by atoms with Crippen LogP contribution in [0.5, 0.6) is 11.5 Å². The van der Waals surface area contributed by atoms with Gasteiger partial charge in [0.25, 0.3) is 5.91 Å². The van der Waals surface area contributed by atoms with Gasteiger partial charge in [0.2, 0.25) is 5.91 Å². The molecule has 0 aliphatic carbocycles. The fourth-order valence-electron chi connectivity index (χ4n) is 4.89. The molecule has 1 aliphatic rings. The maximum Gasteiger partial charge on any atom is 0.254 e. The SMILES string of the molecule is COc1cc(OC)cc(C(=O)N(CC(=O)N2CCn3cccc3C2c2ccc(C(C)C)cc2)C(C)C)c1. The molecule has 4 rings (SSSR count). The second-order valence-electron chi connectivity index (χ2n) is 10.1. The van der Waals surface area contributed by atoms with Gasteiger partial charge in [-0.15, -0.1) is 0 Å². The van der Waals surface area contributed by atoms with Gasteiger partial charge in [0.05, 0.1) is 20.3 Å². The topological polar surface area (TPSA) is 64.0 Å². The lowest BCUT2D eigenvalue weighted by molar-refractivity contribution is -0.135. The van der Waals surface area contributed by atoms with E-state index in [0.29, 0.717) is 29.5 Å². The van der Waals surface area contributed by atoms with Crippen molar-refractivity contribution < 1.29 is 19.1 Å². The number of rotatable bonds is 8. The number of carbonyl (C=O) groups is 2. The van der Waals surface area contributed by atoms with E-state index in [0.717, 1.165) is 17.8 Å². The first-order valence-electron chi connectivity index (χ1n) is 12.8. The Bertz CT molecular complexity index is 1220. The molecule has 2 aromatic carbocycles. The Kier molecular flexibility index (Phi) is 7.91. The monoisotopic (exact) mass is 503 g/mol. The van der Waals surface area contributed by atoms with Crippen molar-refractivity contribution in [1.82, 2.24) is 14.4 Å². The Balaban J connectivity index is 1.63. The van der Waals surface area contributed by atoms with Crippen molar-refractivity contribution in [2.24, 2.45) is 0 Å². The Morgan fingerprint density at radius 2 is 1.59 bits per heavy atom. The van der Waals surface area contributed by atoms with Gasteiger partial charge in [-0.1, -0.05) is 38.1 Å². The maximum atomic E-state index is 13.9. The molecule has 196 valence electrons. The van der Waals surface area contributed by atoms with Gasteiger partial charge in [0, 0.05) is 42.7 Å². The third-order valence-corrected chi connectivity index (χ3v) is 7.07. The number of benzene rings is 2. The number of methoxy groups -OCH3 is 2. The Hall–Kier alpha value is -3.74. The van der Waals surface area contributed by atoms with E-state index in [1.807, 2.05) is 24.8 Å². The molecule has 0 bridgehead atoms. The Morgan fingerprint density at radius 3 is 2.16 bits per heavy atom. The third kappa shape index (κ3) is 5.50. The molecule has 0 saturated carbocycles. The summed E-state index contributed by atoms with van der Waals surface area (Å²) >= 11 is 0. The molecule has 0 radical (unpaired) electrons. The minimum atomic E-state index is -0.237. The summed E-state index contributed by atoms with van der Waals surface area (Å²) < 4.78 is 12.9. The van der Waals surface area contributed by atoms with E-state index in [2.05, 4.69) is 54.9 Å². The van der Waals surface area contributed by atoms with E-state index in [9.17, 15) is 9.59 Å². The van der Waals surface area contributed by atoms with Gasteiger partial charge in [-0.2, -0.15) is 0 Å². The molecule has 1 aromatic heterocycles. The zero-order chi connectivity index (χ0) is 26.7. The van der Waals surface area contributed by atoms with Crippen LogP contribution in [0.3, 0.4) is 0 Å². The molecule has 2 heterocycles. The van der Waals surface area contributed by atoms with E-state index >= 15 is 0 Å². The number of hydrogen-bond acceptors (Lipinski definition) is 4. The number of amides is 2. The summed E-state index contributed by atoms with van der Waals surface area (Å²) in [6, 6.07) is 17.3. The minimum absolute atomic E-state index is 0.0166. The first-order chi connectivity index (χ1) is 17.7. The second-order valence-corrected chi connectivity index (χ2v) is 10.1. The predicted molar refractivity (Wildman–Crippen MR) is 144 cm³/mol. The van der Waals surface area contributed by atoms with Gasteiger partial charge in [-0.3, -0.25) is 9.59 Å². The molecule has 1 aliphatic heterocycles. The van der Waals surface area contributed by atoms with Crippen molar-refractivity contribution in [3.05, 3.63) is 83.2 Å². The number of ether oxygens (including phenoxy) is 2. The number of nitrogens with zero attached hydrogens (tertiary/aromatic N) is 3. The average molecular weight is 504 g/mol. The summed E-state index contributed by atoms with van der Waals surface area (Å²) in [5.74, 6) is 1.17. The summed E-state index contributed by atoms with van der Waals surface area (Å²) in [4.78, 5) is 31.0. The van der Waals surface area contributed by atoms with Crippen molar-refractivity contribution >= 4 is 11.8 Å². The largest absolute Gasteiger partial charge is 0.497 e. The molecular weight excluding hydrogens is 466 g/mol. The third-order valence-electron chi connectivity index (χ3n) is 7.07. The fourth-order valence-corrected chi connectivity index (χ4v) is 4.89. The fraction of sp³-hybridized carbons (Fsp3) is 0.400. The van der Waals surface area contributed by atoms with Crippen LogP contribution in [0.4, 0.5) is 0 Å². The lowest BCUT2D eigenvalue weighted by atomic mass is 9.95. The van der Waals surface area contributed by atoms with Gasteiger partial charge in [0.15, 0.2) is 0 Å². The molecule has 3 aromatic rings. The van der Waals surface area contributed by atoms with Crippen LogP contribution in [-0.4, -0.2) is 59.5 Å². The van der Waals surface area contributed by atoms with Crippen LogP contribution in [-0.2, 0) is 11.3 Å². The summed E-state index contributed by atoms with van der Waals surface area (Å²) in [5.41, 5.74) is 3.83. The lowest BCUT2D eigenvalue weighted by Gasteiger charge is -2.39. The van der Waals surface area contributed by atoms with E-state index in [1.165, 1.54) is 5.56 Å². The first kappa shape index (κ1) is 26.3. The highest BCUT2D eigenvalue weighted by atomic mass is 16.5. The predicted octanol–water partition coefficient (Wildman–Crippen LogP) is 5.11. The van der Waals surface area contributed by atoms with Crippen LogP contribution in [0, 0.1) is 0 Å². The minimum Gasteiger partial charge on any atom is -0.497 e. The number of carbonyl (C=O) groups excluding carboxylic acids is 2. The summed E-state index contributed by atoms with van der Waals surface area (Å²) in [5, 5.41) is 0. The lowest BCUT2D eigenvalue weighted by Crippen LogP contribution is -2.49. The first-order valence-corrected chi connectivity index (χ1v) is 12.8. The highest BCUT2D eigenvalue weighted by Gasteiger charge is 2.34. The quantitative estimate of drug-likeness (QED) is 0.429. The Morgan fingerprint density at radius 1 is 0.946 bits per heavy atom. The van der Waals surface area contributed by atoms with Crippen LogP contribution in [0.1, 0.15) is 66.8 Å². The standard InChI is InChI=1S/C30H37N3O4/c1-20(2)22-9-11-23(12-10-22)29-27-8-7-13-31(27)14-15-32(29)28(34)19-33(21(3)4)30(35)24-16-25(36-5)18-26(17-24)37-6/h7-13,16-18,20-21,29H,14-15,19H2,1-6H3. The van der Waals surface area contributed by atoms with Crippen LogP contribution in [0.2, 0.25) is 0 Å². The van der Waals surface area contributed by atoms with Crippen LogP contribution < -0.4 is 9.47 Å². The molecule has 0 fully saturated rings. The van der Waals surface area contributed by atoms with Crippen molar-refractivity contribution in [3.8, 4) is 11.5 Å². The zero-order valence-electron chi connectivity index (χ0n) is 22.6. The van der Waals surface area contributed by atoms with Gasteiger partial charge < -0.3 is 23.8 Å². The van der Waals surface area contributed by atoms with E-state index in [4.69, 9.17) is 9.47 Å². The smallest absolute Gasteiger partial charge is 0.254 e. The molecule has 1 unspecified atom stereocenters. The van der Waals surface area contributed by atoms with Crippen molar-refractivity contribution in [2.45, 2.75) is 52.2 Å². The molecule has 0 saturated heterocycles. The summed E-state index contributed by atoms with van der Waals surface area (Å²) in [6.45, 7) is 9.47. The van der Waals surface area contributed by atoms with Crippen LogP contribution in [0.15, 0.2) is 60.8 Å². The van der Waals surface area contributed by atoms with Gasteiger partial charge in [-0.05, 0) is 55.2 Å². The highest BCUT2D eigenvalue weighted by molar-refractivity contribution is 5.97. The van der Waals surface area contributed by atoms with E-state index in [1.54, 1.807) is 37.3 Å². The number of fused-ring (bicyclic) bond motifs is 1. The molecule has 0 N–H and O–H groups in total.